The number of hydrogen-bond acceptors (Lipinski definition) is 3. The SMILES string of the molecule is C=C[C@@H](c1ccccc1)[C@@H](N=C(c1ccccc1)c1ccccc1)C(=O)OC. The zero-order valence-electron chi connectivity index (χ0n) is 15.9. The molecule has 0 aromatic heterocycles. The van der Waals surface area contributed by atoms with E-state index in [-0.39, 0.29) is 5.92 Å². The smallest absolute Gasteiger partial charge is 0.331 e. The predicted octanol–water partition coefficient (Wildman–Crippen LogP) is 5.04. The molecule has 0 amide bonds. The maximum Gasteiger partial charge on any atom is 0.331 e. The number of aliphatic imine (C=N–C) groups is 1. The van der Waals surface area contributed by atoms with Crippen LogP contribution in [-0.2, 0) is 9.53 Å². The molecular formula is C25H23NO2. The van der Waals surface area contributed by atoms with E-state index < -0.39 is 12.0 Å². The van der Waals surface area contributed by atoms with E-state index in [9.17, 15) is 4.79 Å². The van der Waals surface area contributed by atoms with Crippen molar-refractivity contribution < 1.29 is 9.53 Å². The third-order valence-electron chi connectivity index (χ3n) is 4.58. The molecule has 0 fully saturated rings. The van der Waals surface area contributed by atoms with Crippen LogP contribution < -0.4 is 0 Å². The summed E-state index contributed by atoms with van der Waals surface area (Å²) in [5.41, 5.74) is 3.61. The van der Waals surface area contributed by atoms with Gasteiger partial charge in [0.1, 0.15) is 0 Å². The number of carbonyl (C=O) groups is 1. The summed E-state index contributed by atoms with van der Waals surface area (Å²) in [6.45, 7) is 3.95. The molecule has 3 heteroatoms. The monoisotopic (exact) mass is 369 g/mol. The van der Waals surface area contributed by atoms with Gasteiger partial charge in [-0.05, 0) is 5.56 Å². The van der Waals surface area contributed by atoms with Crippen LogP contribution in [0.15, 0.2) is 109 Å². The third kappa shape index (κ3) is 4.44. The summed E-state index contributed by atoms with van der Waals surface area (Å²) in [6.07, 6.45) is 1.76. The van der Waals surface area contributed by atoms with E-state index in [0.717, 1.165) is 22.4 Å². The Morgan fingerprint density at radius 2 is 1.32 bits per heavy atom. The van der Waals surface area contributed by atoms with Gasteiger partial charge in [0.15, 0.2) is 6.04 Å². The van der Waals surface area contributed by atoms with Crippen molar-refractivity contribution in [3.63, 3.8) is 0 Å². The van der Waals surface area contributed by atoms with E-state index >= 15 is 0 Å². The number of nitrogens with zero attached hydrogens (tertiary/aromatic N) is 1. The average Bonchev–Trinajstić information content (AvgIpc) is 2.78. The minimum Gasteiger partial charge on any atom is -0.467 e. The van der Waals surface area contributed by atoms with Crippen molar-refractivity contribution in [1.29, 1.82) is 0 Å². The standard InChI is InChI=1S/C25H23NO2/c1-3-22(19-13-7-4-8-14-19)24(25(27)28-2)26-23(20-15-9-5-10-16-20)21-17-11-6-12-18-21/h3-18,22,24H,1H2,2H3/t22-,24+/m0/s1. The third-order valence-corrected chi connectivity index (χ3v) is 4.58. The Bertz CT molecular complexity index is 893. The van der Waals surface area contributed by atoms with Crippen molar-refractivity contribution in [2.24, 2.45) is 4.99 Å². The number of ether oxygens (including phenoxy) is 1. The van der Waals surface area contributed by atoms with Crippen molar-refractivity contribution >= 4 is 11.7 Å². The normalized spacial score (nSPS) is 12.5. The first-order valence-electron chi connectivity index (χ1n) is 9.18. The van der Waals surface area contributed by atoms with Crippen LogP contribution in [-0.4, -0.2) is 24.8 Å². The van der Waals surface area contributed by atoms with Gasteiger partial charge in [-0.3, -0.25) is 4.99 Å². The Labute approximate surface area is 166 Å². The highest BCUT2D eigenvalue weighted by atomic mass is 16.5. The van der Waals surface area contributed by atoms with E-state index in [1.54, 1.807) is 6.08 Å². The second-order valence-corrected chi connectivity index (χ2v) is 6.35. The van der Waals surface area contributed by atoms with Crippen LogP contribution >= 0.6 is 0 Å². The molecule has 0 aliphatic rings. The summed E-state index contributed by atoms with van der Waals surface area (Å²) in [7, 11) is 1.39. The predicted molar refractivity (Wildman–Crippen MR) is 114 cm³/mol. The summed E-state index contributed by atoms with van der Waals surface area (Å²) in [4.78, 5) is 17.6. The first-order chi connectivity index (χ1) is 13.7. The van der Waals surface area contributed by atoms with Gasteiger partial charge in [-0.1, -0.05) is 97.1 Å². The lowest BCUT2D eigenvalue weighted by Gasteiger charge is -2.21. The largest absolute Gasteiger partial charge is 0.467 e. The van der Waals surface area contributed by atoms with Gasteiger partial charge in [0.25, 0.3) is 0 Å². The number of rotatable bonds is 7. The Kier molecular flexibility index (Phi) is 6.53. The average molecular weight is 369 g/mol. The van der Waals surface area contributed by atoms with Gasteiger partial charge in [0.2, 0.25) is 0 Å². The van der Waals surface area contributed by atoms with Crippen LogP contribution in [0, 0.1) is 0 Å². The highest BCUT2D eigenvalue weighted by Crippen LogP contribution is 2.26. The zero-order chi connectivity index (χ0) is 19.8. The van der Waals surface area contributed by atoms with Crippen LogP contribution in [0.25, 0.3) is 0 Å². The summed E-state index contributed by atoms with van der Waals surface area (Å²) < 4.78 is 5.10. The second-order valence-electron chi connectivity index (χ2n) is 6.35. The molecule has 0 N–H and O–H groups in total. The van der Waals surface area contributed by atoms with Gasteiger partial charge in [0.05, 0.1) is 12.8 Å². The zero-order valence-corrected chi connectivity index (χ0v) is 15.9. The van der Waals surface area contributed by atoms with Crippen molar-refractivity contribution in [3.8, 4) is 0 Å². The molecule has 0 aliphatic heterocycles. The molecule has 3 aromatic carbocycles. The molecule has 0 unspecified atom stereocenters. The van der Waals surface area contributed by atoms with Crippen LogP contribution in [0.3, 0.4) is 0 Å². The topological polar surface area (TPSA) is 38.7 Å². The first-order valence-corrected chi connectivity index (χ1v) is 9.18. The number of hydrogen-bond donors (Lipinski definition) is 0. The van der Waals surface area contributed by atoms with Crippen LogP contribution in [0.5, 0.6) is 0 Å². The minimum absolute atomic E-state index is 0.295. The van der Waals surface area contributed by atoms with Gasteiger partial charge in [-0.15, -0.1) is 6.58 Å². The van der Waals surface area contributed by atoms with E-state index in [0.29, 0.717) is 0 Å². The van der Waals surface area contributed by atoms with Crippen molar-refractivity contribution in [2.45, 2.75) is 12.0 Å². The van der Waals surface area contributed by atoms with E-state index in [2.05, 4.69) is 6.58 Å². The van der Waals surface area contributed by atoms with E-state index in [1.165, 1.54) is 7.11 Å². The maximum absolute atomic E-state index is 12.7. The van der Waals surface area contributed by atoms with Crippen LogP contribution in [0.4, 0.5) is 0 Å². The molecule has 3 rings (SSSR count). The number of esters is 1. The molecule has 0 radical (unpaired) electrons. The van der Waals surface area contributed by atoms with E-state index in [1.807, 2.05) is 91.0 Å². The fourth-order valence-electron chi connectivity index (χ4n) is 3.17. The molecule has 0 spiro atoms. The summed E-state index contributed by atoms with van der Waals surface area (Å²) in [5, 5.41) is 0. The highest BCUT2D eigenvalue weighted by molar-refractivity contribution is 6.13. The van der Waals surface area contributed by atoms with Gasteiger partial charge in [-0.25, -0.2) is 4.79 Å². The molecule has 3 aromatic rings. The first kappa shape index (κ1) is 19.3. The molecule has 0 heterocycles. The van der Waals surface area contributed by atoms with Crippen LogP contribution in [0.2, 0.25) is 0 Å². The van der Waals surface area contributed by atoms with Gasteiger partial charge in [0, 0.05) is 17.0 Å². The molecular weight excluding hydrogens is 346 g/mol. The second kappa shape index (κ2) is 9.47. The molecule has 2 atom stereocenters. The van der Waals surface area contributed by atoms with Crippen molar-refractivity contribution in [3.05, 3.63) is 120 Å². The maximum atomic E-state index is 12.7. The van der Waals surface area contributed by atoms with Crippen molar-refractivity contribution in [1.82, 2.24) is 0 Å². The van der Waals surface area contributed by atoms with Gasteiger partial charge in [-0.2, -0.15) is 0 Å². The molecule has 3 nitrogen and oxygen atoms in total. The van der Waals surface area contributed by atoms with Crippen molar-refractivity contribution in [2.75, 3.05) is 7.11 Å². The quantitative estimate of drug-likeness (QED) is 0.333. The lowest BCUT2D eigenvalue weighted by atomic mass is 9.91. The molecule has 0 aliphatic carbocycles. The Morgan fingerprint density at radius 3 is 1.75 bits per heavy atom. The van der Waals surface area contributed by atoms with Gasteiger partial charge < -0.3 is 4.74 Å². The Balaban J connectivity index is 2.15. The number of methoxy groups -OCH3 is 1. The fourth-order valence-corrected chi connectivity index (χ4v) is 3.17. The molecule has 0 saturated heterocycles. The number of carbonyl (C=O) groups excluding carboxylic acids is 1. The fraction of sp³-hybridized carbons (Fsp3) is 0.120. The molecule has 140 valence electrons. The number of benzene rings is 3. The summed E-state index contributed by atoms with van der Waals surface area (Å²) in [6, 6.07) is 28.8. The lowest BCUT2D eigenvalue weighted by Crippen LogP contribution is -2.28. The highest BCUT2D eigenvalue weighted by Gasteiger charge is 2.29. The lowest BCUT2D eigenvalue weighted by molar-refractivity contribution is -0.142. The molecule has 0 bridgehead atoms. The summed E-state index contributed by atoms with van der Waals surface area (Å²) >= 11 is 0. The Morgan fingerprint density at radius 1 is 0.857 bits per heavy atom. The Hall–Kier alpha value is -3.46. The molecule has 28 heavy (non-hydrogen) atoms. The van der Waals surface area contributed by atoms with Crippen LogP contribution in [0.1, 0.15) is 22.6 Å². The summed E-state index contributed by atoms with van der Waals surface area (Å²) in [5.74, 6) is -0.686. The van der Waals surface area contributed by atoms with Gasteiger partial charge >= 0.3 is 5.97 Å². The van der Waals surface area contributed by atoms with E-state index in [4.69, 9.17) is 9.73 Å². The molecule has 0 saturated carbocycles. The minimum atomic E-state index is -0.736.